The molecule has 2 atom stereocenters. The molecule has 1 aromatic carbocycles. The van der Waals surface area contributed by atoms with Crippen molar-refractivity contribution in [2.75, 3.05) is 11.9 Å². The van der Waals surface area contributed by atoms with Gasteiger partial charge in [-0.25, -0.2) is 0 Å². The number of para-hydroxylation sites is 1. The number of nitrogens with one attached hydrogen (secondary N) is 2. The van der Waals surface area contributed by atoms with E-state index in [1.165, 1.54) is 6.26 Å². The molecule has 3 rings (SSSR count). The quantitative estimate of drug-likeness (QED) is 0.781. The van der Waals surface area contributed by atoms with Gasteiger partial charge < -0.3 is 20.2 Å². The predicted octanol–water partition coefficient (Wildman–Crippen LogP) is 1.56. The van der Waals surface area contributed by atoms with Crippen LogP contribution in [0, 0.1) is 0 Å². The molecule has 3 N–H and O–H groups in total. The van der Waals surface area contributed by atoms with Gasteiger partial charge in [0.15, 0.2) is 0 Å². The number of aliphatic hydroxyl groups is 1. The van der Waals surface area contributed by atoms with Crippen LogP contribution in [-0.2, 0) is 9.59 Å². The van der Waals surface area contributed by atoms with Gasteiger partial charge in [0.05, 0.1) is 18.7 Å². The highest BCUT2D eigenvalue weighted by molar-refractivity contribution is 6.04. The van der Waals surface area contributed by atoms with Gasteiger partial charge in [0.2, 0.25) is 11.8 Å². The highest BCUT2D eigenvalue weighted by Gasteiger charge is 2.31. The average molecular weight is 300 g/mol. The maximum absolute atomic E-state index is 12.0. The molecule has 0 spiro atoms. The standard InChI is InChI=1S/C16H16N2O4/c19-13(14-6-3-7-22-14)9-17-15(20)8-11-10-4-1-2-5-12(10)18-16(11)21/h1-7,11,13,19H,8-9H2,(H,17,20)(H,18,21). The predicted molar refractivity (Wildman–Crippen MR) is 79.1 cm³/mol. The molecular weight excluding hydrogens is 284 g/mol. The smallest absolute Gasteiger partial charge is 0.232 e. The highest BCUT2D eigenvalue weighted by Crippen LogP contribution is 2.34. The third-order valence-electron chi connectivity index (χ3n) is 3.66. The van der Waals surface area contributed by atoms with Gasteiger partial charge in [-0.3, -0.25) is 9.59 Å². The van der Waals surface area contributed by atoms with Gasteiger partial charge in [-0.1, -0.05) is 18.2 Å². The molecule has 2 aromatic rings. The first-order chi connectivity index (χ1) is 10.6. The van der Waals surface area contributed by atoms with Crippen LogP contribution in [0.15, 0.2) is 47.1 Å². The van der Waals surface area contributed by atoms with Crippen LogP contribution in [0.2, 0.25) is 0 Å². The number of amides is 2. The summed E-state index contributed by atoms with van der Waals surface area (Å²) < 4.78 is 5.06. The maximum Gasteiger partial charge on any atom is 0.232 e. The second-order valence-corrected chi connectivity index (χ2v) is 5.17. The second kappa shape index (κ2) is 6.03. The van der Waals surface area contributed by atoms with E-state index in [0.717, 1.165) is 11.3 Å². The fourth-order valence-corrected chi connectivity index (χ4v) is 2.53. The number of hydrogen-bond acceptors (Lipinski definition) is 4. The number of rotatable bonds is 5. The number of fused-ring (bicyclic) bond motifs is 1. The molecule has 0 fully saturated rings. The molecule has 2 unspecified atom stereocenters. The Labute approximate surface area is 127 Å². The second-order valence-electron chi connectivity index (χ2n) is 5.17. The van der Waals surface area contributed by atoms with Gasteiger partial charge in [0.25, 0.3) is 0 Å². The first kappa shape index (κ1) is 14.3. The molecule has 0 aliphatic carbocycles. The Balaban J connectivity index is 1.57. The summed E-state index contributed by atoms with van der Waals surface area (Å²) in [6, 6.07) is 10.6. The molecule has 2 amide bonds. The summed E-state index contributed by atoms with van der Waals surface area (Å²) >= 11 is 0. The summed E-state index contributed by atoms with van der Waals surface area (Å²) in [5.74, 6) is -0.563. The molecule has 0 bridgehead atoms. The van der Waals surface area contributed by atoms with Crippen molar-refractivity contribution >= 4 is 17.5 Å². The van der Waals surface area contributed by atoms with Crippen LogP contribution in [0.1, 0.15) is 29.8 Å². The zero-order valence-electron chi connectivity index (χ0n) is 11.8. The molecule has 0 saturated heterocycles. The molecule has 2 heterocycles. The third-order valence-corrected chi connectivity index (χ3v) is 3.66. The first-order valence-electron chi connectivity index (χ1n) is 7.03. The Kier molecular flexibility index (Phi) is 3.93. The van der Waals surface area contributed by atoms with Crippen molar-refractivity contribution in [3.8, 4) is 0 Å². The van der Waals surface area contributed by atoms with E-state index < -0.39 is 12.0 Å². The SMILES string of the molecule is O=C(CC1C(=O)Nc2ccccc21)NCC(O)c1ccco1. The van der Waals surface area contributed by atoms with Gasteiger partial charge in [0.1, 0.15) is 11.9 Å². The highest BCUT2D eigenvalue weighted by atomic mass is 16.4. The monoisotopic (exact) mass is 300 g/mol. The number of furan rings is 1. The lowest BCUT2D eigenvalue weighted by Gasteiger charge is -2.12. The lowest BCUT2D eigenvalue weighted by molar-refractivity contribution is -0.125. The third kappa shape index (κ3) is 2.87. The number of carbonyl (C=O) groups is 2. The van der Waals surface area contributed by atoms with E-state index in [9.17, 15) is 14.7 Å². The molecule has 1 aromatic heterocycles. The Bertz CT molecular complexity index is 681. The molecule has 0 saturated carbocycles. The number of anilines is 1. The van der Waals surface area contributed by atoms with Crippen molar-refractivity contribution in [3.63, 3.8) is 0 Å². The molecule has 1 aliphatic rings. The molecule has 1 aliphatic heterocycles. The van der Waals surface area contributed by atoms with Gasteiger partial charge in [0, 0.05) is 12.1 Å². The molecule has 0 radical (unpaired) electrons. The number of carbonyl (C=O) groups excluding carboxylic acids is 2. The summed E-state index contributed by atoms with van der Waals surface area (Å²) in [6.07, 6.45) is 0.608. The van der Waals surface area contributed by atoms with Crippen LogP contribution in [0.5, 0.6) is 0 Å². The van der Waals surface area contributed by atoms with Crippen LogP contribution in [-0.4, -0.2) is 23.5 Å². The van der Waals surface area contributed by atoms with E-state index in [0.29, 0.717) is 5.76 Å². The van der Waals surface area contributed by atoms with Gasteiger partial charge in [-0.15, -0.1) is 0 Å². The van der Waals surface area contributed by atoms with Crippen molar-refractivity contribution in [3.05, 3.63) is 54.0 Å². The molecule has 6 heteroatoms. The van der Waals surface area contributed by atoms with Crippen LogP contribution >= 0.6 is 0 Å². The summed E-state index contributed by atoms with van der Waals surface area (Å²) in [6.45, 7) is 0.0440. The van der Waals surface area contributed by atoms with Crippen LogP contribution in [0.25, 0.3) is 0 Å². The van der Waals surface area contributed by atoms with E-state index >= 15 is 0 Å². The normalized spacial score (nSPS) is 17.7. The van der Waals surface area contributed by atoms with Crippen molar-refractivity contribution < 1.29 is 19.1 Å². The van der Waals surface area contributed by atoms with Crippen LogP contribution in [0.3, 0.4) is 0 Å². The van der Waals surface area contributed by atoms with Gasteiger partial charge in [-0.05, 0) is 23.8 Å². The minimum atomic E-state index is -0.899. The molecule has 114 valence electrons. The van der Waals surface area contributed by atoms with Gasteiger partial charge in [-0.2, -0.15) is 0 Å². The Morgan fingerprint density at radius 3 is 2.91 bits per heavy atom. The fraction of sp³-hybridized carbons (Fsp3) is 0.250. The largest absolute Gasteiger partial charge is 0.467 e. The lowest BCUT2D eigenvalue weighted by Crippen LogP contribution is -2.30. The zero-order chi connectivity index (χ0) is 15.5. The summed E-state index contributed by atoms with van der Waals surface area (Å²) in [4.78, 5) is 23.9. The van der Waals surface area contributed by atoms with E-state index in [1.54, 1.807) is 12.1 Å². The van der Waals surface area contributed by atoms with Crippen molar-refractivity contribution in [1.29, 1.82) is 0 Å². The topological polar surface area (TPSA) is 91.6 Å². The summed E-state index contributed by atoms with van der Waals surface area (Å²) in [7, 11) is 0. The maximum atomic E-state index is 12.0. The Morgan fingerprint density at radius 1 is 1.32 bits per heavy atom. The van der Waals surface area contributed by atoms with Crippen molar-refractivity contribution in [2.24, 2.45) is 0 Å². The van der Waals surface area contributed by atoms with E-state index in [1.807, 2.05) is 24.3 Å². The zero-order valence-corrected chi connectivity index (χ0v) is 11.8. The number of hydrogen-bond donors (Lipinski definition) is 3. The fourth-order valence-electron chi connectivity index (χ4n) is 2.53. The van der Waals surface area contributed by atoms with E-state index in [4.69, 9.17) is 4.42 Å². The van der Waals surface area contributed by atoms with Gasteiger partial charge >= 0.3 is 0 Å². The molecule has 22 heavy (non-hydrogen) atoms. The molecular formula is C16H16N2O4. The van der Waals surface area contributed by atoms with Crippen molar-refractivity contribution in [1.82, 2.24) is 5.32 Å². The first-order valence-corrected chi connectivity index (χ1v) is 7.03. The Hall–Kier alpha value is -2.60. The average Bonchev–Trinajstić information content (AvgIpc) is 3.14. The molecule has 6 nitrogen and oxygen atoms in total. The number of benzene rings is 1. The van der Waals surface area contributed by atoms with E-state index in [2.05, 4.69) is 10.6 Å². The lowest BCUT2D eigenvalue weighted by atomic mass is 9.97. The van der Waals surface area contributed by atoms with Crippen LogP contribution < -0.4 is 10.6 Å². The summed E-state index contributed by atoms with van der Waals surface area (Å²) in [5.41, 5.74) is 1.58. The number of aliphatic hydroxyl groups excluding tert-OH is 1. The Morgan fingerprint density at radius 2 is 2.14 bits per heavy atom. The van der Waals surface area contributed by atoms with Crippen molar-refractivity contribution in [2.45, 2.75) is 18.4 Å². The minimum absolute atomic E-state index is 0.0440. The van der Waals surface area contributed by atoms with E-state index in [-0.39, 0.29) is 24.8 Å². The minimum Gasteiger partial charge on any atom is -0.467 e. The van der Waals surface area contributed by atoms with Crippen LogP contribution in [0.4, 0.5) is 5.69 Å². The summed E-state index contributed by atoms with van der Waals surface area (Å²) in [5, 5.41) is 15.2.